The number of carbonyl (C=O) groups excluding carboxylic acids is 1. The van der Waals surface area contributed by atoms with Gasteiger partial charge in [0, 0.05) is 6.04 Å². The Bertz CT molecular complexity index is 338. The summed E-state index contributed by atoms with van der Waals surface area (Å²) in [7, 11) is 0. The molecule has 0 radical (unpaired) electrons. The van der Waals surface area contributed by atoms with Crippen molar-refractivity contribution in [2.45, 2.75) is 52.0 Å². The van der Waals surface area contributed by atoms with Gasteiger partial charge in [-0.1, -0.05) is 20.3 Å². The van der Waals surface area contributed by atoms with E-state index in [-0.39, 0.29) is 17.9 Å². The zero-order chi connectivity index (χ0) is 12.6. The fourth-order valence-electron chi connectivity index (χ4n) is 2.89. The largest absolute Gasteiger partial charge is 0.481 e. The molecular formula is C13H21NO3. The second-order valence-corrected chi connectivity index (χ2v) is 6.25. The highest BCUT2D eigenvalue weighted by Crippen LogP contribution is 2.40. The second-order valence-electron chi connectivity index (χ2n) is 6.25. The van der Waals surface area contributed by atoms with Crippen LogP contribution < -0.4 is 5.32 Å². The van der Waals surface area contributed by atoms with E-state index >= 15 is 0 Å². The zero-order valence-corrected chi connectivity index (χ0v) is 10.5. The van der Waals surface area contributed by atoms with Crippen LogP contribution in [0.25, 0.3) is 0 Å². The summed E-state index contributed by atoms with van der Waals surface area (Å²) >= 11 is 0. The van der Waals surface area contributed by atoms with Crippen LogP contribution in [0.5, 0.6) is 0 Å². The monoisotopic (exact) mass is 239 g/mol. The highest BCUT2D eigenvalue weighted by Gasteiger charge is 2.48. The first-order valence-corrected chi connectivity index (χ1v) is 6.42. The standard InChI is InChI=1S/C13H21NO3/c1-13(2)5-3-4-8(7-13)14-11(15)9-6-10(9)12(16)17/h8-10H,3-7H2,1-2H3,(H,14,15)(H,16,17). The molecular weight excluding hydrogens is 218 g/mol. The molecule has 0 spiro atoms. The van der Waals surface area contributed by atoms with E-state index in [1.54, 1.807) is 0 Å². The van der Waals surface area contributed by atoms with Gasteiger partial charge in [-0.15, -0.1) is 0 Å². The lowest BCUT2D eigenvalue weighted by Crippen LogP contribution is -2.41. The van der Waals surface area contributed by atoms with Crippen molar-refractivity contribution in [1.29, 1.82) is 0 Å². The van der Waals surface area contributed by atoms with E-state index in [0.29, 0.717) is 11.8 Å². The van der Waals surface area contributed by atoms with Crippen molar-refractivity contribution in [3.8, 4) is 0 Å². The van der Waals surface area contributed by atoms with Crippen molar-refractivity contribution >= 4 is 11.9 Å². The summed E-state index contributed by atoms with van der Waals surface area (Å²) in [6.07, 6.45) is 4.89. The number of carbonyl (C=O) groups is 2. The predicted molar refractivity (Wildman–Crippen MR) is 63.4 cm³/mol. The molecule has 2 aliphatic rings. The molecule has 4 heteroatoms. The first kappa shape index (κ1) is 12.4. The maximum absolute atomic E-state index is 11.8. The first-order valence-electron chi connectivity index (χ1n) is 6.42. The fraction of sp³-hybridized carbons (Fsp3) is 0.846. The quantitative estimate of drug-likeness (QED) is 0.789. The van der Waals surface area contributed by atoms with Gasteiger partial charge < -0.3 is 10.4 Å². The number of hydrogen-bond donors (Lipinski definition) is 2. The van der Waals surface area contributed by atoms with Crippen molar-refractivity contribution in [3.63, 3.8) is 0 Å². The van der Waals surface area contributed by atoms with Crippen LogP contribution in [0, 0.1) is 17.3 Å². The highest BCUT2D eigenvalue weighted by molar-refractivity contribution is 5.89. The van der Waals surface area contributed by atoms with Crippen LogP contribution in [0.3, 0.4) is 0 Å². The molecule has 3 unspecified atom stereocenters. The molecule has 3 atom stereocenters. The molecule has 96 valence electrons. The van der Waals surface area contributed by atoms with Crippen LogP contribution in [0.4, 0.5) is 0 Å². The first-order chi connectivity index (χ1) is 7.89. The van der Waals surface area contributed by atoms with E-state index in [1.165, 1.54) is 6.42 Å². The van der Waals surface area contributed by atoms with Gasteiger partial charge in [-0.05, 0) is 31.1 Å². The molecule has 0 aromatic rings. The third-order valence-corrected chi connectivity index (χ3v) is 4.00. The van der Waals surface area contributed by atoms with Gasteiger partial charge in [0.2, 0.25) is 5.91 Å². The molecule has 2 aliphatic carbocycles. The topological polar surface area (TPSA) is 66.4 Å². The minimum Gasteiger partial charge on any atom is -0.481 e. The van der Waals surface area contributed by atoms with Crippen LogP contribution in [0.1, 0.15) is 46.0 Å². The van der Waals surface area contributed by atoms with Gasteiger partial charge in [-0.2, -0.15) is 0 Å². The molecule has 2 N–H and O–H groups in total. The van der Waals surface area contributed by atoms with E-state index in [2.05, 4.69) is 19.2 Å². The molecule has 2 rings (SSSR count). The zero-order valence-electron chi connectivity index (χ0n) is 10.5. The smallest absolute Gasteiger partial charge is 0.307 e. The lowest BCUT2D eigenvalue weighted by Gasteiger charge is -2.35. The molecule has 0 aromatic heterocycles. The normalized spacial score (nSPS) is 35.1. The molecule has 0 bridgehead atoms. The summed E-state index contributed by atoms with van der Waals surface area (Å²) in [6.45, 7) is 4.45. The maximum Gasteiger partial charge on any atom is 0.307 e. The number of aliphatic carboxylic acids is 1. The molecule has 0 saturated heterocycles. The maximum atomic E-state index is 11.8. The Kier molecular flexibility index (Phi) is 3.15. The third kappa shape index (κ3) is 2.99. The van der Waals surface area contributed by atoms with Crippen LogP contribution in [0.2, 0.25) is 0 Å². The number of carboxylic acid groups (broad SMARTS) is 1. The lowest BCUT2D eigenvalue weighted by molar-refractivity contribution is -0.140. The Morgan fingerprint density at radius 3 is 2.53 bits per heavy atom. The van der Waals surface area contributed by atoms with Crippen molar-refractivity contribution in [2.24, 2.45) is 17.3 Å². The average molecular weight is 239 g/mol. The molecule has 2 fully saturated rings. The third-order valence-electron chi connectivity index (χ3n) is 4.00. The molecule has 0 heterocycles. The minimum atomic E-state index is -0.839. The van der Waals surface area contributed by atoms with Gasteiger partial charge in [-0.25, -0.2) is 0 Å². The van der Waals surface area contributed by atoms with E-state index in [4.69, 9.17) is 5.11 Å². The van der Waals surface area contributed by atoms with Crippen molar-refractivity contribution in [3.05, 3.63) is 0 Å². The van der Waals surface area contributed by atoms with Gasteiger partial charge in [0.25, 0.3) is 0 Å². The number of nitrogens with one attached hydrogen (secondary N) is 1. The lowest BCUT2D eigenvalue weighted by atomic mass is 9.75. The summed E-state index contributed by atoms with van der Waals surface area (Å²) in [4.78, 5) is 22.5. The Balaban J connectivity index is 1.82. The van der Waals surface area contributed by atoms with Gasteiger partial charge >= 0.3 is 5.97 Å². The van der Waals surface area contributed by atoms with Crippen LogP contribution in [0.15, 0.2) is 0 Å². The van der Waals surface area contributed by atoms with Gasteiger partial charge in [0.05, 0.1) is 11.8 Å². The molecule has 0 aromatic carbocycles. The number of carboxylic acids is 1. The summed E-state index contributed by atoms with van der Waals surface area (Å²) in [5.74, 6) is -1.61. The highest BCUT2D eigenvalue weighted by atomic mass is 16.4. The van der Waals surface area contributed by atoms with Crippen molar-refractivity contribution < 1.29 is 14.7 Å². The summed E-state index contributed by atoms with van der Waals surface area (Å²) in [6, 6.07) is 0.237. The second kappa shape index (κ2) is 4.31. The Morgan fingerprint density at radius 2 is 2.00 bits per heavy atom. The van der Waals surface area contributed by atoms with Gasteiger partial charge in [0.1, 0.15) is 0 Å². The number of rotatable bonds is 3. The number of hydrogen-bond acceptors (Lipinski definition) is 2. The predicted octanol–water partition coefficient (Wildman–Crippen LogP) is 1.79. The Labute approximate surface area is 102 Å². The fourth-order valence-corrected chi connectivity index (χ4v) is 2.89. The van der Waals surface area contributed by atoms with Crippen LogP contribution in [-0.4, -0.2) is 23.0 Å². The van der Waals surface area contributed by atoms with Gasteiger partial charge in [-0.3, -0.25) is 9.59 Å². The summed E-state index contributed by atoms with van der Waals surface area (Å²) < 4.78 is 0. The summed E-state index contributed by atoms with van der Waals surface area (Å²) in [5.41, 5.74) is 0.298. The molecule has 17 heavy (non-hydrogen) atoms. The average Bonchev–Trinajstić information content (AvgIpc) is 2.94. The van der Waals surface area contributed by atoms with E-state index < -0.39 is 11.9 Å². The SMILES string of the molecule is CC1(C)CCCC(NC(=O)C2CC2C(=O)O)C1. The Hall–Kier alpha value is -1.06. The van der Waals surface area contributed by atoms with Gasteiger partial charge in [0.15, 0.2) is 0 Å². The molecule has 1 amide bonds. The molecule has 0 aliphatic heterocycles. The van der Waals surface area contributed by atoms with E-state index in [9.17, 15) is 9.59 Å². The number of amides is 1. The summed E-state index contributed by atoms with van der Waals surface area (Å²) in [5, 5.41) is 11.8. The molecule has 4 nitrogen and oxygen atoms in total. The van der Waals surface area contributed by atoms with E-state index in [1.807, 2.05) is 0 Å². The van der Waals surface area contributed by atoms with E-state index in [0.717, 1.165) is 19.3 Å². The molecule has 2 saturated carbocycles. The van der Waals surface area contributed by atoms with Crippen LogP contribution >= 0.6 is 0 Å². The minimum absolute atomic E-state index is 0.0555. The van der Waals surface area contributed by atoms with Crippen molar-refractivity contribution in [1.82, 2.24) is 5.32 Å². The van der Waals surface area contributed by atoms with Crippen LogP contribution in [-0.2, 0) is 9.59 Å². The Morgan fingerprint density at radius 1 is 1.29 bits per heavy atom. The van der Waals surface area contributed by atoms with Crippen molar-refractivity contribution in [2.75, 3.05) is 0 Å².